The number of rotatable bonds is 10. The fourth-order valence-electron chi connectivity index (χ4n) is 3.12. The number of unbranched alkanes of at least 4 members (excludes halogenated alkanes) is 1. The Bertz CT molecular complexity index is 1020. The van der Waals surface area contributed by atoms with Crippen LogP contribution in [0.2, 0.25) is 10.0 Å². The van der Waals surface area contributed by atoms with E-state index in [1.54, 1.807) is 6.07 Å². The van der Waals surface area contributed by atoms with E-state index in [0.717, 1.165) is 12.8 Å². The highest BCUT2D eigenvalue weighted by molar-refractivity contribution is 6.42. The minimum atomic E-state index is -1.25. The van der Waals surface area contributed by atoms with Crippen molar-refractivity contribution in [3.63, 3.8) is 0 Å². The molecule has 0 aliphatic carbocycles. The average molecular weight is 472 g/mol. The molecule has 8 nitrogen and oxygen atoms in total. The normalized spacial score (nSPS) is 11.0. The third-order valence-electron chi connectivity index (χ3n) is 4.53. The minimum Gasteiger partial charge on any atom is -0.491 e. The van der Waals surface area contributed by atoms with Crippen molar-refractivity contribution in [2.45, 2.75) is 59.2 Å². The van der Waals surface area contributed by atoms with Gasteiger partial charge in [-0.1, -0.05) is 36.5 Å². The summed E-state index contributed by atoms with van der Waals surface area (Å²) in [6, 6.07) is 2.97. The molecule has 0 aliphatic rings. The van der Waals surface area contributed by atoms with Crippen molar-refractivity contribution in [1.82, 2.24) is 15.2 Å². The molecule has 2 aromatic rings. The average Bonchev–Trinajstić information content (AvgIpc) is 2.68. The fourth-order valence-corrected chi connectivity index (χ4v) is 3.44. The molecule has 0 bridgehead atoms. The molecule has 0 saturated heterocycles. The van der Waals surface area contributed by atoms with Crippen LogP contribution in [0.5, 0.6) is 5.75 Å². The number of carboxylic acid groups (broad SMARTS) is 1. The van der Waals surface area contributed by atoms with Crippen LogP contribution in [0.1, 0.15) is 45.7 Å². The van der Waals surface area contributed by atoms with Crippen molar-refractivity contribution in [1.29, 1.82) is 0 Å². The van der Waals surface area contributed by atoms with Crippen LogP contribution in [0.3, 0.4) is 0 Å². The van der Waals surface area contributed by atoms with Crippen molar-refractivity contribution in [3.05, 3.63) is 38.2 Å². The Labute approximate surface area is 190 Å². The highest BCUT2D eigenvalue weighted by Crippen LogP contribution is 2.34. The minimum absolute atomic E-state index is 0.0390. The molecule has 0 aliphatic heterocycles. The quantitative estimate of drug-likeness (QED) is 0.450. The van der Waals surface area contributed by atoms with Crippen molar-refractivity contribution in [2.75, 3.05) is 6.61 Å². The van der Waals surface area contributed by atoms with Gasteiger partial charge in [-0.05, 0) is 32.4 Å². The summed E-state index contributed by atoms with van der Waals surface area (Å²) >= 11 is 12.3. The van der Waals surface area contributed by atoms with Crippen LogP contribution in [0.4, 0.5) is 4.79 Å². The second kappa shape index (κ2) is 11.2. The SMILES string of the molecule is CCCCOc1c(CNC(=O)O)n(CCC(=O)NC(C)C)c(=O)c2cc(Cl)c(Cl)cc12. The lowest BCUT2D eigenvalue weighted by Crippen LogP contribution is -2.34. The van der Waals surface area contributed by atoms with E-state index < -0.39 is 11.7 Å². The van der Waals surface area contributed by atoms with Crippen LogP contribution >= 0.6 is 23.2 Å². The van der Waals surface area contributed by atoms with Gasteiger partial charge in [-0.25, -0.2) is 4.79 Å². The summed E-state index contributed by atoms with van der Waals surface area (Å²) in [7, 11) is 0. The summed E-state index contributed by atoms with van der Waals surface area (Å²) in [6.07, 6.45) is 0.455. The number of pyridine rings is 1. The maximum Gasteiger partial charge on any atom is 0.404 e. The Balaban J connectivity index is 2.65. The Kier molecular flexibility index (Phi) is 9.00. The fraction of sp³-hybridized carbons (Fsp3) is 0.476. The third kappa shape index (κ3) is 6.51. The predicted octanol–water partition coefficient (Wildman–Crippen LogP) is 4.17. The maximum atomic E-state index is 13.3. The molecule has 31 heavy (non-hydrogen) atoms. The van der Waals surface area contributed by atoms with E-state index in [2.05, 4.69) is 10.6 Å². The Morgan fingerprint density at radius 3 is 2.42 bits per heavy atom. The van der Waals surface area contributed by atoms with Crippen LogP contribution in [-0.4, -0.2) is 34.3 Å². The zero-order valence-corrected chi connectivity index (χ0v) is 19.3. The van der Waals surface area contributed by atoms with Crippen LogP contribution < -0.4 is 20.9 Å². The van der Waals surface area contributed by atoms with Gasteiger partial charge in [0.2, 0.25) is 5.91 Å². The number of hydrogen-bond donors (Lipinski definition) is 3. The van der Waals surface area contributed by atoms with Gasteiger partial charge in [0, 0.05) is 24.4 Å². The predicted molar refractivity (Wildman–Crippen MR) is 121 cm³/mol. The molecular weight excluding hydrogens is 445 g/mol. The van der Waals surface area contributed by atoms with Gasteiger partial charge in [0.25, 0.3) is 5.56 Å². The molecule has 2 amide bonds. The number of aromatic nitrogens is 1. The van der Waals surface area contributed by atoms with Gasteiger partial charge in [0.15, 0.2) is 0 Å². The van der Waals surface area contributed by atoms with Crippen LogP contribution in [-0.2, 0) is 17.9 Å². The highest BCUT2D eigenvalue weighted by Gasteiger charge is 2.21. The molecule has 1 aromatic heterocycles. The maximum absolute atomic E-state index is 13.3. The van der Waals surface area contributed by atoms with Crippen molar-refractivity contribution in [2.24, 2.45) is 0 Å². The molecule has 0 spiro atoms. The standard InChI is InChI=1S/C21H27Cl2N3O5/c1-4-5-8-31-19-13-9-15(22)16(23)10-14(13)20(28)26(17(19)11-24-21(29)30)7-6-18(27)25-12(2)3/h9-10,12,24H,4-8,11H2,1-3H3,(H,25,27)(H,29,30). The van der Waals surface area contributed by atoms with E-state index in [9.17, 15) is 14.4 Å². The van der Waals surface area contributed by atoms with Gasteiger partial charge in [0.1, 0.15) is 5.75 Å². The number of fused-ring (bicyclic) bond motifs is 1. The Hall–Kier alpha value is -2.45. The van der Waals surface area contributed by atoms with E-state index in [4.69, 9.17) is 33.0 Å². The number of halogens is 2. The van der Waals surface area contributed by atoms with Crippen molar-refractivity contribution >= 4 is 46.0 Å². The van der Waals surface area contributed by atoms with E-state index in [1.807, 2.05) is 20.8 Å². The van der Waals surface area contributed by atoms with Gasteiger partial charge < -0.3 is 25.0 Å². The summed E-state index contributed by atoms with van der Waals surface area (Å²) < 4.78 is 7.35. The molecule has 0 fully saturated rings. The Morgan fingerprint density at radius 1 is 1.19 bits per heavy atom. The number of hydrogen-bond acceptors (Lipinski definition) is 4. The monoisotopic (exact) mass is 471 g/mol. The first-order chi connectivity index (χ1) is 14.6. The second-order valence-corrected chi connectivity index (χ2v) is 8.19. The molecule has 1 aromatic carbocycles. The zero-order valence-electron chi connectivity index (χ0n) is 17.8. The molecule has 0 saturated carbocycles. The molecule has 170 valence electrons. The molecule has 1 heterocycles. The topological polar surface area (TPSA) is 110 Å². The number of nitrogens with one attached hydrogen (secondary N) is 2. The lowest BCUT2D eigenvalue weighted by Gasteiger charge is -2.20. The number of carbonyl (C=O) groups excluding carboxylic acids is 1. The van der Waals surface area contributed by atoms with Crippen LogP contribution in [0.15, 0.2) is 16.9 Å². The van der Waals surface area contributed by atoms with Crippen LogP contribution in [0.25, 0.3) is 10.8 Å². The molecule has 10 heteroatoms. The van der Waals surface area contributed by atoms with E-state index in [0.29, 0.717) is 23.4 Å². The molecule has 0 unspecified atom stereocenters. The van der Waals surface area contributed by atoms with E-state index in [1.165, 1.54) is 10.6 Å². The highest BCUT2D eigenvalue weighted by atomic mass is 35.5. The van der Waals surface area contributed by atoms with Gasteiger partial charge in [-0.3, -0.25) is 9.59 Å². The van der Waals surface area contributed by atoms with E-state index in [-0.39, 0.29) is 46.9 Å². The van der Waals surface area contributed by atoms with Crippen molar-refractivity contribution in [3.8, 4) is 5.75 Å². The summed E-state index contributed by atoms with van der Waals surface area (Å²) in [5.41, 5.74) is -0.0808. The summed E-state index contributed by atoms with van der Waals surface area (Å²) in [4.78, 5) is 36.6. The Morgan fingerprint density at radius 2 is 1.84 bits per heavy atom. The van der Waals surface area contributed by atoms with Crippen molar-refractivity contribution < 1.29 is 19.4 Å². The number of nitrogens with zero attached hydrogens (tertiary/aromatic N) is 1. The van der Waals surface area contributed by atoms with Gasteiger partial charge in [-0.2, -0.15) is 0 Å². The molecular formula is C21H27Cl2N3O5. The number of ether oxygens (including phenoxy) is 1. The smallest absolute Gasteiger partial charge is 0.404 e. The summed E-state index contributed by atoms with van der Waals surface area (Å²) in [5, 5.41) is 15.4. The lowest BCUT2D eigenvalue weighted by atomic mass is 10.1. The van der Waals surface area contributed by atoms with Crippen LogP contribution in [0, 0.1) is 0 Å². The summed E-state index contributed by atoms with van der Waals surface area (Å²) in [5.74, 6) is 0.126. The van der Waals surface area contributed by atoms with Gasteiger partial charge in [-0.15, -0.1) is 0 Å². The number of benzene rings is 1. The first-order valence-electron chi connectivity index (χ1n) is 10.1. The number of carbonyl (C=O) groups is 2. The van der Waals surface area contributed by atoms with Gasteiger partial charge >= 0.3 is 6.09 Å². The first kappa shape index (κ1) is 24.8. The molecule has 0 radical (unpaired) electrons. The third-order valence-corrected chi connectivity index (χ3v) is 5.25. The summed E-state index contributed by atoms with van der Waals surface area (Å²) in [6.45, 7) is 5.95. The largest absolute Gasteiger partial charge is 0.491 e. The van der Waals surface area contributed by atoms with E-state index >= 15 is 0 Å². The molecule has 0 atom stereocenters. The second-order valence-electron chi connectivity index (χ2n) is 7.38. The zero-order chi connectivity index (χ0) is 23.1. The molecule has 3 N–H and O–H groups in total. The van der Waals surface area contributed by atoms with Gasteiger partial charge in [0.05, 0.1) is 34.3 Å². The lowest BCUT2D eigenvalue weighted by molar-refractivity contribution is -0.121. The number of amides is 2. The first-order valence-corrected chi connectivity index (χ1v) is 10.8. The molecule has 2 rings (SSSR count).